The van der Waals surface area contributed by atoms with Crippen LogP contribution in [0, 0.1) is 5.82 Å². The van der Waals surface area contributed by atoms with Gasteiger partial charge in [-0.05, 0) is 43.9 Å². The summed E-state index contributed by atoms with van der Waals surface area (Å²) in [4.78, 5) is 18.7. The second-order valence-electron chi connectivity index (χ2n) is 6.41. The summed E-state index contributed by atoms with van der Waals surface area (Å²) >= 11 is 3.21. The highest BCUT2D eigenvalue weighted by Crippen LogP contribution is 2.24. The van der Waals surface area contributed by atoms with Crippen molar-refractivity contribution in [3.63, 3.8) is 0 Å². The van der Waals surface area contributed by atoms with Crippen molar-refractivity contribution in [3.8, 4) is 0 Å². The summed E-state index contributed by atoms with van der Waals surface area (Å²) in [5, 5.41) is 3.98. The minimum absolute atomic E-state index is 0.0237. The van der Waals surface area contributed by atoms with Gasteiger partial charge in [0, 0.05) is 12.3 Å². The Morgan fingerprint density at radius 3 is 2.81 bits per heavy atom. The van der Waals surface area contributed by atoms with Gasteiger partial charge in [0.25, 0.3) is 0 Å². The minimum atomic E-state index is -0.267. The monoisotopic (exact) mass is 403 g/mol. The molecule has 0 radical (unpaired) electrons. The lowest BCUT2D eigenvalue weighted by Gasteiger charge is -2.25. The van der Waals surface area contributed by atoms with Crippen molar-refractivity contribution in [1.29, 1.82) is 0 Å². The van der Waals surface area contributed by atoms with Gasteiger partial charge in [0.05, 0.1) is 22.0 Å². The summed E-state index contributed by atoms with van der Waals surface area (Å²) in [6, 6.07) is 14.5. The van der Waals surface area contributed by atoms with Crippen LogP contribution < -0.4 is 5.32 Å². The molecule has 7 heteroatoms. The summed E-state index contributed by atoms with van der Waals surface area (Å²) in [5.74, 6) is 0.800. The predicted molar refractivity (Wildman–Crippen MR) is 112 cm³/mol. The molecule has 1 atom stereocenters. The average Bonchev–Trinajstić information content (AvgIpc) is 3.04. The van der Waals surface area contributed by atoms with Gasteiger partial charge in [-0.15, -0.1) is 23.1 Å². The maximum absolute atomic E-state index is 13.5. The maximum atomic E-state index is 13.5. The molecule has 1 heterocycles. The molecular formula is C20H22FN3OS2. The van der Waals surface area contributed by atoms with Crippen LogP contribution in [0.4, 0.5) is 4.39 Å². The van der Waals surface area contributed by atoms with Crippen molar-refractivity contribution in [2.45, 2.75) is 11.8 Å². The Bertz CT molecular complexity index is 880. The molecule has 0 bridgehead atoms. The van der Waals surface area contributed by atoms with Crippen LogP contribution in [-0.2, 0) is 10.5 Å². The normalized spacial score (nSPS) is 12.4. The predicted octanol–water partition coefficient (Wildman–Crippen LogP) is 4.09. The number of amides is 1. The van der Waals surface area contributed by atoms with Gasteiger partial charge in [-0.2, -0.15) is 0 Å². The van der Waals surface area contributed by atoms with Gasteiger partial charge in [-0.3, -0.25) is 4.79 Å². The van der Waals surface area contributed by atoms with E-state index in [9.17, 15) is 9.18 Å². The summed E-state index contributed by atoms with van der Waals surface area (Å²) in [7, 11) is 3.84. The number of hydrogen-bond acceptors (Lipinski definition) is 5. The Morgan fingerprint density at radius 1 is 1.26 bits per heavy atom. The Labute approximate surface area is 166 Å². The third-order valence-corrected chi connectivity index (χ3v) is 6.31. The van der Waals surface area contributed by atoms with E-state index in [0.29, 0.717) is 18.1 Å². The highest BCUT2D eigenvalue weighted by atomic mass is 32.2. The third-order valence-electron chi connectivity index (χ3n) is 4.15. The number of benzene rings is 2. The topological polar surface area (TPSA) is 45.2 Å². The fourth-order valence-electron chi connectivity index (χ4n) is 2.79. The Morgan fingerprint density at radius 2 is 2.07 bits per heavy atom. The largest absolute Gasteiger partial charge is 0.353 e. The second-order valence-corrected chi connectivity index (χ2v) is 8.51. The standard InChI is InChI=1S/C20H22FN3OS2/c1-24(2)17(14-6-5-7-15(21)10-14)11-22-19(25)12-26-13-20-23-16-8-3-4-9-18(16)27-20/h3-10,17H,11-13H2,1-2H3,(H,22,25). The van der Waals surface area contributed by atoms with E-state index in [1.165, 1.54) is 16.8 Å². The zero-order chi connectivity index (χ0) is 19.2. The number of thioether (sulfide) groups is 1. The number of nitrogens with zero attached hydrogens (tertiary/aromatic N) is 2. The SMILES string of the molecule is CN(C)C(CNC(=O)CSCc1nc2ccccc2s1)c1cccc(F)c1. The van der Waals surface area contributed by atoms with E-state index in [1.54, 1.807) is 29.2 Å². The first-order chi connectivity index (χ1) is 13.0. The number of para-hydroxylation sites is 1. The number of carbonyl (C=O) groups excluding carboxylic acids is 1. The summed E-state index contributed by atoms with van der Waals surface area (Å²) in [6.45, 7) is 0.441. The number of halogens is 1. The minimum Gasteiger partial charge on any atom is -0.353 e. The zero-order valence-corrected chi connectivity index (χ0v) is 16.9. The maximum Gasteiger partial charge on any atom is 0.230 e. The van der Waals surface area contributed by atoms with Crippen molar-refractivity contribution >= 4 is 39.2 Å². The van der Waals surface area contributed by atoms with Gasteiger partial charge in [0.2, 0.25) is 5.91 Å². The Kier molecular flexibility index (Phi) is 6.82. The zero-order valence-electron chi connectivity index (χ0n) is 15.3. The number of hydrogen-bond donors (Lipinski definition) is 1. The fourth-order valence-corrected chi connectivity index (χ4v) is 4.66. The van der Waals surface area contributed by atoms with Gasteiger partial charge >= 0.3 is 0 Å². The molecule has 1 N–H and O–H groups in total. The number of nitrogens with one attached hydrogen (secondary N) is 1. The molecule has 0 aliphatic carbocycles. The van der Waals surface area contributed by atoms with Crippen LogP contribution in [0.2, 0.25) is 0 Å². The highest BCUT2D eigenvalue weighted by molar-refractivity contribution is 7.99. The lowest BCUT2D eigenvalue weighted by Crippen LogP contribution is -2.35. The summed E-state index contributed by atoms with van der Waals surface area (Å²) in [5.41, 5.74) is 1.86. The molecule has 0 aliphatic rings. The van der Waals surface area contributed by atoms with E-state index >= 15 is 0 Å². The first kappa shape index (κ1) is 19.8. The van der Waals surface area contributed by atoms with Crippen LogP contribution in [0.1, 0.15) is 16.6 Å². The molecule has 4 nitrogen and oxygen atoms in total. The molecule has 27 heavy (non-hydrogen) atoms. The third kappa shape index (κ3) is 5.51. The van der Waals surface area contributed by atoms with Crippen LogP contribution in [-0.4, -0.2) is 42.2 Å². The summed E-state index contributed by atoms with van der Waals surface area (Å²) in [6.07, 6.45) is 0. The van der Waals surface area contributed by atoms with Gasteiger partial charge in [-0.1, -0.05) is 24.3 Å². The van der Waals surface area contributed by atoms with Gasteiger partial charge in [0.1, 0.15) is 10.8 Å². The fraction of sp³-hybridized carbons (Fsp3) is 0.300. The van der Waals surface area contributed by atoms with Crippen LogP contribution in [0.3, 0.4) is 0 Å². The molecule has 0 fully saturated rings. The van der Waals surface area contributed by atoms with Crippen LogP contribution in [0.25, 0.3) is 10.2 Å². The molecule has 1 aromatic heterocycles. The van der Waals surface area contributed by atoms with Crippen molar-refractivity contribution in [3.05, 3.63) is 64.9 Å². The first-order valence-electron chi connectivity index (χ1n) is 8.63. The molecule has 0 saturated carbocycles. The molecule has 3 aromatic rings. The number of likely N-dealkylation sites (N-methyl/N-ethyl adjacent to an activating group) is 1. The van der Waals surface area contributed by atoms with Crippen LogP contribution in [0.15, 0.2) is 48.5 Å². The lowest BCUT2D eigenvalue weighted by molar-refractivity contribution is -0.118. The summed E-state index contributed by atoms with van der Waals surface area (Å²) < 4.78 is 14.6. The van der Waals surface area contributed by atoms with Crippen LogP contribution >= 0.6 is 23.1 Å². The van der Waals surface area contributed by atoms with E-state index in [2.05, 4.69) is 16.4 Å². The smallest absolute Gasteiger partial charge is 0.230 e. The number of aromatic nitrogens is 1. The van der Waals surface area contributed by atoms with E-state index in [1.807, 2.05) is 43.3 Å². The van der Waals surface area contributed by atoms with Crippen molar-refractivity contribution in [2.75, 3.05) is 26.4 Å². The molecule has 1 amide bonds. The van der Waals surface area contributed by atoms with E-state index in [0.717, 1.165) is 16.1 Å². The quantitative estimate of drug-likeness (QED) is 0.615. The van der Waals surface area contributed by atoms with Gasteiger partial charge in [-0.25, -0.2) is 9.37 Å². The van der Waals surface area contributed by atoms with E-state index in [-0.39, 0.29) is 17.8 Å². The van der Waals surface area contributed by atoms with Gasteiger partial charge < -0.3 is 10.2 Å². The number of thiazole rings is 1. The molecular weight excluding hydrogens is 381 g/mol. The van der Waals surface area contributed by atoms with Crippen molar-refractivity contribution < 1.29 is 9.18 Å². The van der Waals surface area contributed by atoms with E-state index < -0.39 is 0 Å². The van der Waals surface area contributed by atoms with E-state index in [4.69, 9.17) is 0 Å². The first-order valence-corrected chi connectivity index (χ1v) is 10.6. The number of fused-ring (bicyclic) bond motifs is 1. The molecule has 3 rings (SSSR count). The molecule has 0 saturated heterocycles. The lowest BCUT2D eigenvalue weighted by atomic mass is 10.1. The van der Waals surface area contributed by atoms with Gasteiger partial charge in [0.15, 0.2) is 0 Å². The molecule has 1 unspecified atom stereocenters. The number of rotatable bonds is 8. The molecule has 0 spiro atoms. The average molecular weight is 404 g/mol. The Balaban J connectivity index is 1.48. The highest BCUT2D eigenvalue weighted by Gasteiger charge is 2.16. The molecule has 0 aliphatic heterocycles. The molecule has 2 aromatic carbocycles. The number of carbonyl (C=O) groups is 1. The van der Waals surface area contributed by atoms with Crippen molar-refractivity contribution in [2.24, 2.45) is 0 Å². The van der Waals surface area contributed by atoms with Crippen molar-refractivity contribution in [1.82, 2.24) is 15.2 Å². The molecule has 142 valence electrons. The second kappa shape index (κ2) is 9.30. The Hall–Kier alpha value is -1.96. The van der Waals surface area contributed by atoms with Crippen LogP contribution in [0.5, 0.6) is 0 Å².